The first-order valence-corrected chi connectivity index (χ1v) is 2.12. The minimum atomic E-state index is 0. The van der Waals surface area contributed by atoms with Gasteiger partial charge in [0.1, 0.15) is 0 Å². The quantitative estimate of drug-likeness (QED) is 0.428. The van der Waals surface area contributed by atoms with Crippen molar-refractivity contribution < 1.29 is 29.1 Å². The summed E-state index contributed by atoms with van der Waals surface area (Å²) in [6.45, 7) is 0. The van der Waals surface area contributed by atoms with Gasteiger partial charge in [-0.3, -0.25) is 0 Å². The van der Waals surface area contributed by atoms with Crippen molar-refractivity contribution in [3.8, 4) is 0 Å². The van der Waals surface area contributed by atoms with Crippen LogP contribution in [0.3, 0.4) is 0 Å². The van der Waals surface area contributed by atoms with E-state index in [2.05, 4.69) is 27.7 Å². The van der Waals surface area contributed by atoms with Crippen LogP contribution < -0.4 is 0 Å². The molecule has 4 heteroatoms. The van der Waals surface area contributed by atoms with Crippen LogP contribution >= 0.6 is 9.53 Å². The molecular formula is H4ClO2Pd. The molecule has 0 aromatic heterocycles. The number of rotatable bonds is 0. The third-order valence-electron chi connectivity index (χ3n) is 0. The third-order valence-corrected chi connectivity index (χ3v) is 0. The van der Waals surface area contributed by atoms with E-state index in [4.69, 9.17) is 0 Å². The molecule has 0 rings (SSSR count). The van der Waals surface area contributed by atoms with Gasteiger partial charge < -0.3 is 11.0 Å². The first-order chi connectivity index (χ1) is 1.00. The Labute approximate surface area is 39.1 Å². The molecule has 0 aliphatic carbocycles. The van der Waals surface area contributed by atoms with Gasteiger partial charge in [0.15, 0.2) is 0 Å². The molecule has 33 valence electrons. The summed E-state index contributed by atoms with van der Waals surface area (Å²) in [5.74, 6) is 0. The average Bonchev–Trinajstić information content (AvgIpc) is 1.00. The third kappa shape index (κ3) is 13.2. The van der Waals surface area contributed by atoms with Gasteiger partial charge in [-0.25, -0.2) is 0 Å². The van der Waals surface area contributed by atoms with Crippen molar-refractivity contribution in [2.75, 3.05) is 0 Å². The van der Waals surface area contributed by atoms with E-state index < -0.39 is 0 Å². The van der Waals surface area contributed by atoms with Crippen LogP contribution in [0, 0.1) is 0 Å². The number of hydrogen-bond acceptors (Lipinski definition) is 0. The van der Waals surface area contributed by atoms with E-state index in [-0.39, 0.29) is 11.0 Å². The summed E-state index contributed by atoms with van der Waals surface area (Å²) in [6, 6.07) is 0. The fraction of sp³-hybridized carbons (Fsp3) is 0. The monoisotopic (exact) mass is 177 g/mol. The molecule has 0 fully saturated rings. The molecule has 0 unspecified atom stereocenters. The molecule has 0 atom stereocenters. The Morgan fingerprint density at radius 3 is 1.00 bits per heavy atom. The molecule has 0 heterocycles. The van der Waals surface area contributed by atoms with Gasteiger partial charge in [-0.15, -0.1) is 0 Å². The van der Waals surface area contributed by atoms with Crippen LogP contribution in [0.5, 0.6) is 0 Å². The standard InChI is InChI=1S/ClH.2H2O.Pd/h1H;2*1H2;/q;;;+1/p-1. The van der Waals surface area contributed by atoms with Crippen LogP contribution in [-0.2, 0) is 18.2 Å². The Kier molecular flexibility index (Phi) is 219. The fourth-order valence-corrected chi connectivity index (χ4v) is 0. The first-order valence-electron chi connectivity index (χ1n) is 0.120. The van der Waals surface area contributed by atoms with E-state index in [0.29, 0.717) is 0 Å². The van der Waals surface area contributed by atoms with Gasteiger partial charge in [0.25, 0.3) is 0 Å². The van der Waals surface area contributed by atoms with E-state index in [0.717, 1.165) is 0 Å². The number of halogens is 1. The summed E-state index contributed by atoms with van der Waals surface area (Å²) in [6.07, 6.45) is 0. The Bertz CT molecular complexity index is 6.00. The Hall–Kier alpha value is 0.872. The van der Waals surface area contributed by atoms with Gasteiger partial charge in [-0.2, -0.15) is 0 Å². The van der Waals surface area contributed by atoms with Gasteiger partial charge in [0, 0.05) is 0 Å². The predicted molar refractivity (Wildman–Crippen MR) is 13.1 cm³/mol. The van der Waals surface area contributed by atoms with Crippen molar-refractivity contribution in [3.63, 3.8) is 0 Å². The first kappa shape index (κ1) is 20.8. The van der Waals surface area contributed by atoms with E-state index in [1.807, 2.05) is 0 Å². The van der Waals surface area contributed by atoms with Crippen molar-refractivity contribution in [1.82, 2.24) is 0 Å². The van der Waals surface area contributed by atoms with Gasteiger partial charge >= 0.3 is 27.7 Å². The Morgan fingerprint density at radius 2 is 1.00 bits per heavy atom. The van der Waals surface area contributed by atoms with E-state index in [9.17, 15) is 0 Å². The number of hydrogen-bond donors (Lipinski definition) is 0. The second kappa shape index (κ2) is 42.0. The van der Waals surface area contributed by atoms with Crippen molar-refractivity contribution in [1.29, 1.82) is 0 Å². The van der Waals surface area contributed by atoms with Gasteiger partial charge in [-0.05, 0) is 0 Å². The van der Waals surface area contributed by atoms with E-state index in [1.54, 1.807) is 0 Å². The van der Waals surface area contributed by atoms with Gasteiger partial charge in [0.05, 0.1) is 0 Å². The topological polar surface area (TPSA) is 63.0 Å². The molecule has 0 radical (unpaired) electrons. The zero-order valence-electron chi connectivity index (χ0n) is 1.69. The Balaban J connectivity index is -0.00000000500. The summed E-state index contributed by atoms with van der Waals surface area (Å²) >= 11 is 2.22. The predicted octanol–water partition coefficient (Wildman–Crippen LogP) is -0.962. The van der Waals surface area contributed by atoms with Crippen molar-refractivity contribution in [2.24, 2.45) is 0 Å². The molecule has 0 aromatic rings. The molecular weight excluding hydrogens is 174 g/mol. The normalized spacial score (nSPS) is 1.75. The molecule has 0 saturated heterocycles. The van der Waals surface area contributed by atoms with Crippen molar-refractivity contribution >= 4 is 9.53 Å². The SMILES string of the molecule is O.O.[Cl][Pd]. The molecule has 0 aromatic carbocycles. The van der Waals surface area contributed by atoms with Gasteiger partial charge in [0.2, 0.25) is 0 Å². The maximum atomic E-state index is 4.49. The Morgan fingerprint density at radius 1 is 1.00 bits per heavy atom. The molecule has 0 bridgehead atoms. The zero-order valence-corrected chi connectivity index (χ0v) is 4.00. The molecule has 4 heavy (non-hydrogen) atoms. The molecule has 0 amide bonds. The maximum absolute atomic E-state index is 4.49. The average molecular weight is 178 g/mol. The molecule has 0 spiro atoms. The van der Waals surface area contributed by atoms with Crippen LogP contribution in [0.25, 0.3) is 0 Å². The summed E-state index contributed by atoms with van der Waals surface area (Å²) in [5, 5.41) is 0. The second-order valence-electron chi connectivity index (χ2n) is 0. The van der Waals surface area contributed by atoms with Crippen LogP contribution in [0.15, 0.2) is 0 Å². The van der Waals surface area contributed by atoms with Crippen LogP contribution in [-0.4, -0.2) is 11.0 Å². The molecule has 0 saturated carbocycles. The molecule has 2 nitrogen and oxygen atoms in total. The van der Waals surface area contributed by atoms with Gasteiger partial charge in [-0.1, -0.05) is 0 Å². The van der Waals surface area contributed by atoms with E-state index >= 15 is 0 Å². The van der Waals surface area contributed by atoms with Crippen LogP contribution in [0.1, 0.15) is 0 Å². The summed E-state index contributed by atoms with van der Waals surface area (Å²) in [4.78, 5) is 0. The zero-order chi connectivity index (χ0) is 2.00. The second-order valence-corrected chi connectivity index (χ2v) is 0. The van der Waals surface area contributed by atoms with Crippen molar-refractivity contribution in [2.45, 2.75) is 0 Å². The fourth-order valence-electron chi connectivity index (χ4n) is 0. The van der Waals surface area contributed by atoms with Crippen LogP contribution in [0.2, 0.25) is 0 Å². The summed E-state index contributed by atoms with van der Waals surface area (Å²) < 4.78 is 0. The van der Waals surface area contributed by atoms with Crippen LogP contribution in [0.4, 0.5) is 0 Å². The minimum absolute atomic E-state index is 0. The molecule has 0 aliphatic rings. The molecule has 4 N–H and O–H groups in total. The summed E-state index contributed by atoms with van der Waals surface area (Å²) in [5.41, 5.74) is 0. The van der Waals surface area contributed by atoms with E-state index in [1.165, 1.54) is 0 Å². The summed E-state index contributed by atoms with van der Waals surface area (Å²) in [7, 11) is 4.49. The van der Waals surface area contributed by atoms with Crippen molar-refractivity contribution in [3.05, 3.63) is 0 Å². The molecule has 0 aliphatic heterocycles.